The van der Waals surface area contributed by atoms with Gasteiger partial charge in [-0.25, -0.2) is 15.0 Å². The molecule has 0 saturated heterocycles. The second kappa shape index (κ2) is 6.03. The Balaban J connectivity index is 1.91. The summed E-state index contributed by atoms with van der Waals surface area (Å²) in [6, 6.07) is 5.65. The highest BCUT2D eigenvalue weighted by Crippen LogP contribution is 2.28. The lowest BCUT2D eigenvalue weighted by Crippen LogP contribution is -1.90. The average molecular weight is 317 g/mol. The lowest BCUT2D eigenvalue weighted by molar-refractivity contribution is 0.355. The van der Waals surface area contributed by atoms with E-state index in [0.717, 1.165) is 5.56 Å². The van der Waals surface area contributed by atoms with Gasteiger partial charge in [0.2, 0.25) is 0 Å². The van der Waals surface area contributed by atoms with E-state index in [1.165, 1.54) is 6.33 Å². The number of aromatic amines is 1. The van der Waals surface area contributed by atoms with Crippen LogP contribution in [-0.2, 0) is 0 Å². The first kappa shape index (κ1) is 14.3. The maximum atomic E-state index is 5.98. The number of ether oxygens (including phenoxy) is 2. The molecular weight excluding hydrogens is 304 g/mol. The van der Waals surface area contributed by atoms with Gasteiger partial charge in [0.05, 0.1) is 14.2 Å². The first-order chi connectivity index (χ1) is 10.7. The molecule has 3 rings (SSSR count). The molecule has 0 aliphatic rings. The highest BCUT2D eigenvalue weighted by atomic mass is 35.5. The normalized spacial score (nSPS) is 11.2. The molecule has 0 saturated carbocycles. The number of benzene rings is 1. The predicted molar refractivity (Wildman–Crippen MR) is 85.2 cm³/mol. The molecule has 0 radical (unpaired) electrons. The third-order valence-electron chi connectivity index (χ3n) is 3.10. The molecule has 0 atom stereocenters. The van der Waals surface area contributed by atoms with E-state index < -0.39 is 0 Å². The highest BCUT2D eigenvalue weighted by molar-refractivity contribution is 6.33. The number of nitrogens with one attached hydrogen (secondary N) is 1. The topological polar surface area (TPSA) is 72.9 Å². The van der Waals surface area contributed by atoms with Gasteiger partial charge in [-0.05, 0) is 23.8 Å². The number of nitrogens with zero attached hydrogens (tertiary/aromatic N) is 3. The molecule has 112 valence electrons. The summed E-state index contributed by atoms with van der Waals surface area (Å²) in [4.78, 5) is 15.4. The fourth-order valence-corrected chi connectivity index (χ4v) is 2.20. The zero-order valence-corrected chi connectivity index (χ0v) is 12.8. The summed E-state index contributed by atoms with van der Waals surface area (Å²) in [5.74, 6) is 2.00. The van der Waals surface area contributed by atoms with Crippen LogP contribution < -0.4 is 9.47 Å². The molecule has 6 nitrogen and oxygen atoms in total. The van der Waals surface area contributed by atoms with Gasteiger partial charge in [-0.2, -0.15) is 0 Å². The average Bonchev–Trinajstić information content (AvgIpc) is 2.97. The fraction of sp³-hybridized carbons (Fsp3) is 0.133. The third-order valence-corrected chi connectivity index (χ3v) is 3.39. The molecule has 0 unspecified atom stereocenters. The largest absolute Gasteiger partial charge is 0.493 e. The summed E-state index contributed by atoms with van der Waals surface area (Å²) in [6.07, 6.45) is 5.12. The number of hydrogen-bond acceptors (Lipinski definition) is 5. The van der Waals surface area contributed by atoms with E-state index in [2.05, 4.69) is 19.9 Å². The SMILES string of the molecule is COc1ccc(C=Cc2nc3ncnc(Cl)c3[nH]2)cc1OC. The van der Waals surface area contributed by atoms with E-state index in [0.29, 0.717) is 33.6 Å². The Morgan fingerprint density at radius 1 is 1.09 bits per heavy atom. The summed E-state index contributed by atoms with van der Waals surface area (Å²) in [5, 5.41) is 0.350. The molecule has 2 heterocycles. The molecule has 1 N–H and O–H groups in total. The number of rotatable bonds is 4. The van der Waals surface area contributed by atoms with Crippen molar-refractivity contribution in [3.63, 3.8) is 0 Å². The van der Waals surface area contributed by atoms with Crippen LogP contribution >= 0.6 is 11.6 Å². The van der Waals surface area contributed by atoms with Gasteiger partial charge >= 0.3 is 0 Å². The van der Waals surface area contributed by atoms with Gasteiger partial charge in [-0.15, -0.1) is 0 Å². The fourth-order valence-electron chi connectivity index (χ4n) is 2.03. The van der Waals surface area contributed by atoms with Gasteiger partial charge in [0.1, 0.15) is 17.7 Å². The summed E-state index contributed by atoms with van der Waals surface area (Å²) in [6.45, 7) is 0. The Labute approximate surface area is 131 Å². The molecule has 0 amide bonds. The van der Waals surface area contributed by atoms with Crippen LogP contribution in [0.25, 0.3) is 23.3 Å². The summed E-state index contributed by atoms with van der Waals surface area (Å²) in [5.41, 5.74) is 2.11. The number of imidazole rings is 1. The second-order valence-electron chi connectivity index (χ2n) is 4.43. The van der Waals surface area contributed by atoms with Crippen LogP contribution in [0.1, 0.15) is 11.4 Å². The van der Waals surface area contributed by atoms with Crippen LogP contribution in [0.4, 0.5) is 0 Å². The van der Waals surface area contributed by atoms with Crippen molar-refractivity contribution < 1.29 is 9.47 Å². The summed E-state index contributed by atoms with van der Waals surface area (Å²) >= 11 is 5.98. The molecule has 0 bridgehead atoms. The molecule has 0 aliphatic carbocycles. The number of halogens is 1. The Morgan fingerprint density at radius 3 is 2.64 bits per heavy atom. The van der Waals surface area contributed by atoms with Gasteiger partial charge in [-0.3, -0.25) is 0 Å². The molecule has 3 aromatic rings. The van der Waals surface area contributed by atoms with E-state index >= 15 is 0 Å². The number of aromatic nitrogens is 4. The summed E-state index contributed by atoms with van der Waals surface area (Å²) in [7, 11) is 3.21. The third kappa shape index (κ3) is 2.73. The maximum Gasteiger partial charge on any atom is 0.182 e. The molecule has 0 aliphatic heterocycles. The number of hydrogen-bond donors (Lipinski definition) is 1. The lowest BCUT2D eigenvalue weighted by atomic mass is 10.2. The molecule has 0 fully saturated rings. The minimum atomic E-state index is 0.350. The molecular formula is C15H13ClN4O2. The van der Waals surface area contributed by atoms with Crippen molar-refractivity contribution in [2.45, 2.75) is 0 Å². The van der Waals surface area contributed by atoms with Crippen LogP contribution in [-0.4, -0.2) is 34.2 Å². The molecule has 2 aromatic heterocycles. The quantitative estimate of drug-likeness (QED) is 0.748. The molecule has 1 aromatic carbocycles. The van der Waals surface area contributed by atoms with Crippen molar-refractivity contribution in [1.82, 2.24) is 19.9 Å². The Bertz CT molecular complexity index is 845. The van der Waals surface area contributed by atoms with Gasteiger partial charge in [0.15, 0.2) is 22.3 Å². The molecule has 22 heavy (non-hydrogen) atoms. The van der Waals surface area contributed by atoms with E-state index in [4.69, 9.17) is 21.1 Å². The van der Waals surface area contributed by atoms with Crippen molar-refractivity contribution in [2.75, 3.05) is 14.2 Å². The minimum absolute atomic E-state index is 0.350. The van der Waals surface area contributed by atoms with E-state index in [9.17, 15) is 0 Å². The first-order valence-corrected chi connectivity index (χ1v) is 6.85. The highest BCUT2D eigenvalue weighted by Gasteiger charge is 2.06. The minimum Gasteiger partial charge on any atom is -0.493 e. The Kier molecular flexibility index (Phi) is 3.93. The van der Waals surface area contributed by atoms with Crippen LogP contribution in [0.3, 0.4) is 0 Å². The lowest BCUT2D eigenvalue weighted by Gasteiger charge is -2.07. The second-order valence-corrected chi connectivity index (χ2v) is 4.79. The number of methoxy groups -OCH3 is 2. The van der Waals surface area contributed by atoms with Crippen molar-refractivity contribution >= 4 is 34.9 Å². The monoisotopic (exact) mass is 316 g/mol. The Hall–Kier alpha value is -2.60. The molecule has 7 heteroatoms. The van der Waals surface area contributed by atoms with Crippen molar-refractivity contribution in [1.29, 1.82) is 0 Å². The van der Waals surface area contributed by atoms with Crippen LogP contribution in [0.2, 0.25) is 5.15 Å². The van der Waals surface area contributed by atoms with Crippen LogP contribution in [0.5, 0.6) is 11.5 Å². The predicted octanol–water partition coefficient (Wildman–Crippen LogP) is 3.19. The van der Waals surface area contributed by atoms with Crippen LogP contribution in [0.15, 0.2) is 24.5 Å². The van der Waals surface area contributed by atoms with E-state index in [1.807, 2.05) is 30.4 Å². The zero-order chi connectivity index (χ0) is 15.5. The zero-order valence-electron chi connectivity index (χ0n) is 12.0. The number of H-pyrrole nitrogens is 1. The maximum absolute atomic E-state index is 5.98. The van der Waals surface area contributed by atoms with Gasteiger partial charge in [0, 0.05) is 0 Å². The standard InChI is InChI=1S/C15H13ClN4O2/c1-21-10-5-3-9(7-11(10)22-2)4-6-12-19-13-14(16)17-8-18-15(13)20-12/h3-8H,1-2H3,(H,17,18,19,20). The van der Waals surface area contributed by atoms with Crippen molar-refractivity contribution in [3.05, 3.63) is 41.1 Å². The van der Waals surface area contributed by atoms with Crippen LogP contribution in [0, 0.1) is 0 Å². The Morgan fingerprint density at radius 2 is 1.91 bits per heavy atom. The smallest absolute Gasteiger partial charge is 0.182 e. The van der Waals surface area contributed by atoms with Crippen molar-refractivity contribution in [2.24, 2.45) is 0 Å². The van der Waals surface area contributed by atoms with Crippen molar-refractivity contribution in [3.8, 4) is 11.5 Å². The van der Waals surface area contributed by atoms with E-state index in [-0.39, 0.29) is 0 Å². The molecule has 0 spiro atoms. The summed E-state index contributed by atoms with van der Waals surface area (Å²) < 4.78 is 10.5. The first-order valence-electron chi connectivity index (χ1n) is 6.47. The van der Waals surface area contributed by atoms with E-state index in [1.54, 1.807) is 14.2 Å². The van der Waals surface area contributed by atoms with Gasteiger partial charge < -0.3 is 14.5 Å². The number of fused-ring (bicyclic) bond motifs is 1. The van der Waals surface area contributed by atoms with Gasteiger partial charge in [-0.1, -0.05) is 23.7 Å². The van der Waals surface area contributed by atoms with Gasteiger partial charge in [0.25, 0.3) is 0 Å².